The number of amides is 1. The molecule has 1 saturated heterocycles. The first-order valence-electron chi connectivity index (χ1n) is 9.85. The second kappa shape index (κ2) is 7.86. The smallest absolute Gasteiger partial charge is 0.410 e. The molecule has 0 spiro atoms. The number of carbonyl (C=O) groups is 1. The summed E-state index contributed by atoms with van der Waals surface area (Å²) in [5.74, 6) is 0.477. The lowest BCUT2D eigenvalue weighted by Gasteiger charge is -2.29. The van der Waals surface area contributed by atoms with Crippen LogP contribution in [0.25, 0.3) is 12.3 Å². The number of nitrogens with zero attached hydrogens (tertiary/aromatic N) is 2. The van der Waals surface area contributed by atoms with Crippen LogP contribution in [0.5, 0.6) is 0 Å². The van der Waals surface area contributed by atoms with E-state index < -0.39 is 5.60 Å². The highest BCUT2D eigenvalue weighted by Crippen LogP contribution is 2.22. The predicted octanol–water partition coefficient (Wildman–Crippen LogP) is 3.63. The van der Waals surface area contributed by atoms with Crippen molar-refractivity contribution < 1.29 is 9.53 Å². The Bertz CT molecular complexity index is 828. The number of ether oxygens (including phenoxy) is 1. The van der Waals surface area contributed by atoms with Gasteiger partial charge in [0.25, 0.3) is 0 Å². The van der Waals surface area contributed by atoms with Gasteiger partial charge in [0.15, 0.2) is 0 Å². The lowest BCUT2D eigenvalue weighted by molar-refractivity contribution is 0.0286. The molecule has 2 unspecified atom stereocenters. The molecule has 1 aromatic rings. The molecule has 1 aromatic carbocycles. The number of carbonyl (C=O) groups excluding carboxylic acids is 1. The molecule has 1 amide bonds. The number of likely N-dealkylation sites (tertiary alicyclic amines) is 1. The minimum Gasteiger partial charge on any atom is -0.444 e. The molecule has 5 heteroatoms. The van der Waals surface area contributed by atoms with Crippen LogP contribution in [-0.4, -0.2) is 47.2 Å². The molecule has 0 saturated carbocycles. The van der Waals surface area contributed by atoms with Crippen LogP contribution in [0.15, 0.2) is 16.6 Å². The van der Waals surface area contributed by atoms with Crippen LogP contribution in [0.4, 0.5) is 4.79 Å². The van der Waals surface area contributed by atoms with Gasteiger partial charge in [-0.1, -0.05) is 28.1 Å². The summed E-state index contributed by atoms with van der Waals surface area (Å²) in [6.07, 6.45) is 6.55. The SMILES string of the molecule is Cc1c(Br)ccc2c1=CN(CC1CCN(C(=O)OC(C)(C)C)C1)C(C)CC=2. The van der Waals surface area contributed by atoms with Gasteiger partial charge in [-0.15, -0.1) is 0 Å². The topological polar surface area (TPSA) is 32.8 Å². The first-order chi connectivity index (χ1) is 12.6. The molecular weight excluding hydrogens is 404 g/mol. The minimum absolute atomic E-state index is 0.184. The van der Waals surface area contributed by atoms with Gasteiger partial charge in [0.1, 0.15) is 5.60 Å². The zero-order valence-electron chi connectivity index (χ0n) is 17.1. The first-order valence-corrected chi connectivity index (χ1v) is 10.6. The van der Waals surface area contributed by atoms with Gasteiger partial charge < -0.3 is 14.5 Å². The fraction of sp³-hybridized carbons (Fsp3) is 0.591. The van der Waals surface area contributed by atoms with Crippen molar-refractivity contribution >= 4 is 34.3 Å². The summed E-state index contributed by atoms with van der Waals surface area (Å²) in [5, 5.41) is 2.61. The van der Waals surface area contributed by atoms with Gasteiger partial charge in [-0.3, -0.25) is 0 Å². The normalized spacial score (nSPS) is 22.6. The molecule has 148 valence electrons. The summed E-state index contributed by atoms with van der Waals surface area (Å²) in [6.45, 7) is 12.7. The number of halogens is 1. The standard InChI is InChI=1S/C22H31BrN2O2/c1-15-6-7-18-8-9-20(23)16(2)19(18)14-25(15)13-17-10-11-24(12-17)21(26)27-22(3,4)5/h7-9,14-15,17H,6,10-13H2,1-5H3. The summed E-state index contributed by atoms with van der Waals surface area (Å²) in [4.78, 5) is 16.7. The van der Waals surface area contributed by atoms with Crippen LogP contribution in [-0.2, 0) is 4.74 Å². The van der Waals surface area contributed by atoms with E-state index in [1.54, 1.807) is 0 Å². The van der Waals surface area contributed by atoms with E-state index >= 15 is 0 Å². The number of rotatable bonds is 2. The van der Waals surface area contributed by atoms with E-state index in [0.29, 0.717) is 12.0 Å². The molecule has 1 fully saturated rings. The third-order valence-corrected chi connectivity index (χ3v) is 6.29. The van der Waals surface area contributed by atoms with Gasteiger partial charge in [0, 0.05) is 41.6 Å². The molecule has 0 aromatic heterocycles. The van der Waals surface area contributed by atoms with Crippen LogP contribution in [0, 0.1) is 12.8 Å². The molecule has 2 aliphatic heterocycles. The van der Waals surface area contributed by atoms with Crippen molar-refractivity contribution in [3.05, 3.63) is 32.6 Å². The third kappa shape index (κ3) is 4.87. The maximum absolute atomic E-state index is 12.3. The summed E-state index contributed by atoms with van der Waals surface area (Å²) in [5.41, 5.74) is 0.844. The van der Waals surface area contributed by atoms with Crippen molar-refractivity contribution in [3.8, 4) is 0 Å². The Morgan fingerprint density at radius 1 is 1.33 bits per heavy atom. The summed E-state index contributed by atoms with van der Waals surface area (Å²) >= 11 is 3.66. The maximum Gasteiger partial charge on any atom is 0.410 e. The van der Waals surface area contributed by atoms with E-state index in [0.717, 1.165) is 36.9 Å². The Labute approximate surface area is 171 Å². The highest BCUT2D eigenvalue weighted by atomic mass is 79.9. The lowest BCUT2D eigenvalue weighted by Crippen LogP contribution is -2.38. The van der Waals surface area contributed by atoms with Crippen LogP contribution in [0.1, 0.15) is 46.1 Å². The van der Waals surface area contributed by atoms with Crippen molar-refractivity contribution in [3.63, 3.8) is 0 Å². The molecule has 4 nitrogen and oxygen atoms in total. The Kier molecular flexibility index (Phi) is 5.90. The van der Waals surface area contributed by atoms with Gasteiger partial charge in [-0.25, -0.2) is 4.79 Å². The summed E-state index contributed by atoms with van der Waals surface area (Å²) in [7, 11) is 0. The molecule has 0 radical (unpaired) electrons. The fourth-order valence-corrected chi connectivity index (χ4v) is 4.15. The van der Waals surface area contributed by atoms with Crippen LogP contribution >= 0.6 is 15.9 Å². The highest BCUT2D eigenvalue weighted by molar-refractivity contribution is 9.10. The molecule has 0 N–H and O–H groups in total. The van der Waals surface area contributed by atoms with E-state index in [-0.39, 0.29) is 6.09 Å². The fourth-order valence-electron chi connectivity index (χ4n) is 3.80. The van der Waals surface area contributed by atoms with E-state index in [2.05, 4.69) is 59.1 Å². The number of hydrogen-bond donors (Lipinski definition) is 0. The van der Waals surface area contributed by atoms with Crippen molar-refractivity contribution in [1.29, 1.82) is 0 Å². The monoisotopic (exact) mass is 434 g/mol. The van der Waals surface area contributed by atoms with Crippen LogP contribution in [0.3, 0.4) is 0 Å². The van der Waals surface area contributed by atoms with Crippen molar-refractivity contribution in [2.45, 2.75) is 59.1 Å². The first kappa shape index (κ1) is 20.2. The molecule has 2 aliphatic rings. The molecule has 27 heavy (non-hydrogen) atoms. The third-order valence-electron chi connectivity index (χ3n) is 5.43. The Morgan fingerprint density at radius 3 is 2.78 bits per heavy atom. The summed E-state index contributed by atoms with van der Waals surface area (Å²) in [6, 6.07) is 4.78. The van der Waals surface area contributed by atoms with E-state index in [4.69, 9.17) is 4.74 Å². The van der Waals surface area contributed by atoms with E-state index in [9.17, 15) is 4.79 Å². The number of benzene rings is 1. The van der Waals surface area contributed by atoms with Gasteiger partial charge in [0.2, 0.25) is 0 Å². The largest absolute Gasteiger partial charge is 0.444 e. The predicted molar refractivity (Wildman–Crippen MR) is 114 cm³/mol. The summed E-state index contributed by atoms with van der Waals surface area (Å²) < 4.78 is 6.68. The number of hydrogen-bond acceptors (Lipinski definition) is 3. The maximum atomic E-state index is 12.3. The second-order valence-electron chi connectivity index (χ2n) is 8.87. The molecule has 2 atom stereocenters. The van der Waals surface area contributed by atoms with Crippen LogP contribution in [0.2, 0.25) is 0 Å². The Balaban J connectivity index is 1.73. The minimum atomic E-state index is -0.438. The molecular formula is C22H31BrN2O2. The van der Waals surface area contributed by atoms with Crippen molar-refractivity contribution in [1.82, 2.24) is 9.80 Å². The molecule has 3 rings (SSSR count). The van der Waals surface area contributed by atoms with Gasteiger partial charge >= 0.3 is 6.09 Å². The molecule has 0 aliphatic carbocycles. The molecule has 0 bridgehead atoms. The number of fused-ring (bicyclic) bond motifs is 1. The van der Waals surface area contributed by atoms with Crippen molar-refractivity contribution in [2.75, 3.05) is 19.6 Å². The second-order valence-corrected chi connectivity index (χ2v) is 9.73. The Morgan fingerprint density at radius 2 is 2.07 bits per heavy atom. The zero-order chi connectivity index (χ0) is 19.8. The average molecular weight is 435 g/mol. The average Bonchev–Trinajstić information content (AvgIpc) is 2.98. The van der Waals surface area contributed by atoms with Crippen molar-refractivity contribution in [2.24, 2.45) is 5.92 Å². The quantitative estimate of drug-likeness (QED) is 0.712. The van der Waals surface area contributed by atoms with Crippen LogP contribution < -0.4 is 10.4 Å². The van der Waals surface area contributed by atoms with Gasteiger partial charge in [-0.05, 0) is 70.2 Å². The molecule has 2 heterocycles. The zero-order valence-corrected chi connectivity index (χ0v) is 18.7. The Hall–Kier alpha value is -1.49. The highest BCUT2D eigenvalue weighted by Gasteiger charge is 2.31. The lowest BCUT2D eigenvalue weighted by atomic mass is 10.1. The van der Waals surface area contributed by atoms with Gasteiger partial charge in [-0.2, -0.15) is 0 Å². The van der Waals surface area contributed by atoms with E-state index in [1.807, 2.05) is 25.7 Å². The van der Waals surface area contributed by atoms with Gasteiger partial charge in [0.05, 0.1) is 0 Å². The van der Waals surface area contributed by atoms with E-state index in [1.165, 1.54) is 16.0 Å².